The summed E-state index contributed by atoms with van der Waals surface area (Å²) in [5.41, 5.74) is 7.75. The molecule has 4 aromatic heterocycles. The van der Waals surface area contributed by atoms with Gasteiger partial charge in [0.25, 0.3) is 0 Å². The first-order valence-electron chi connectivity index (χ1n) is 14.7. The maximum absolute atomic E-state index is 14.8. The number of hydrogen-bond acceptors (Lipinski definition) is 7. The molecule has 0 unspecified atom stereocenters. The molecule has 1 aliphatic heterocycles. The molecule has 0 aliphatic carbocycles. The first-order chi connectivity index (χ1) is 21.0. The number of hydrogen-bond donors (Lipinski definition) is 3. The molecular weight excluding hydrogens is 543 g/mol. The second-order valence-corrected chi connectivity index (χ2v) is 11.3. The van der Waals surface area contributed by atoms with Gasteiger partial charge in [0.05, 0.1) is 27.9 Å². The van der Waals surface area contributed by atoms with Gasteiger partial charge in [-0.25, -0.2) is 14.4 Å². The summed E-state index contributed by atoms with van der Waals surface area (Å²) in [5, 5.41) is 11.0. The molecule has 6 aromatic rings. The summed E-state index contributed by atoms with van der Waals surface area (Å²) >= 11 is 0. The molecule has 0 saturated carbocycles. The number of fused-ring (bicyclic) bond motifs is 2. The lowest BCUT2D eigenvalue weighted by molar-refractivity contribution is 0.237. The molecule has 1 saturated heterocycles. The first kappa shape index (κ1) is 27.0. The summed E-state index contributed by atoms with van der Waals surface area (Å²) in [7, 11) is 0. The topological polar surface area (TPSA) is 108 Å². The number of aromatic nitrogens is 6. The third-order valence-corrected chi connectivity index (χ3v) is 7.69. The van der Waals surface area contributed by atoms with Crippen LogP contribution in [0.5, 0.6) is 5.75 Å². The predicted molar refractivity (Wildman–Crippen MR) is 168 cm³/mol. The summed E-state index contributed by atoms with van der Waals surface area (Å²) in [6, 6.07) is 16.9. The van der Waals surface area contributed by atoms with E-state index in [2.05, 4.69) is 44.2 Å². The minimum Gasteiger partial charge on any atom is -0.492 e. The largest absolute Gasteiger partial charge is 0.492 e. The second kappa shape index (κ2) is 11.4. The molecule has 10 heteroatoms. The highest BCUT2D eigenvalue weighted by Gasteiger charge is 2.18. The van der Waals surface area contributed by atoms with E-state index in [1.807, 2.05) is 42.5 Å². The van der Waals surface area contributed by atoms with Crippen LogP contribution in [0.2, 0.25) is 0 Å². The molecule has 0 radical (unpaired) electrons. The molecule has 9 nitrogen and oxygen atoms in total. The van der Waals surface area contributed by atoms with E-state index in [0.717, 1.165) is 58.7 Å². The number of rotatable bonds is 9. The van der Waals surface area contributed by atoms with E-state index in [9.17, 15) is 4.39 Å². The van der Waals surface area contributed by atoms with Crippen LogP contribution in [-0.2, 0) is 0 Å². The van der Waals surface area contributed by atoms with Gasteiger partial charge >= 0.3 is 0 Å². The fourth-order valence-corrected chi connectivity index (χ4v) is 5.69. The van der Waals surface area contributed by atoms with Crippen LogP contribution in [0.15, 0.2) is 67.0 Å². The first-order valence-corrected chi connectivity index (χ1v) is 14.7. The number of likely N-dealkylation sites (tertiary alicyclic amines) is 1. The van der Waals surface area contributed by atoms with E-state index >= 15 is 0 Å². The maximum Gasteiger partial charge on any atom is 0.161 e. The van der Waals surface area contributed by atoms with Gasteiger partial charge in [0.2, 0.25) is 0 Å². The zero-order chi connectivity index (χ0) is 29.3. The van der Waals surface area contributed by atoms with Crippen molar-refractivity contribution < 1.29 is 9.13 Å². The number of aromatic amines is 2. The van der Waals surface area contributed by atoms with Crippen molar-refractivity contribution in [2.75, 3.05) is 31.6 Å². The standard InChI is InChI=1S/C33H33FN8O/c1-20(2)36-24-15-22(18-35-19-24)27-8-9-29-31(37-27)32(41-40-29)33-38-28-7-5-6-26(30(28)39-33)21-14-23(34)17-25(16-21)43-13-12-42-10-3-4-11-42/h5-9,14-20,36H,3-4,10-13H2,1-2H3,(H,38,39)(H,40,41). The predicted octanol–water partition coefficient (Wildman–Crippen LogP) is 6.66. The lowest BCUT2D eigenvalue weighted by Gasteiger charge is -2.15. The molecular formula is C33H33FN8O. The molecule has 2 aromatic carbocycles. The summed E-state index contributed by atoms with van der Waals surface area (Å²) < 4.78 is 20.7. The van der Waals surface area contributed by atoms with Crippen LogP contribution >= 0.6 is 0 Å². The van der Waals surface area contributed by atoms with Crippen molar-refractivity contribution in [2.45, 2.75) is 32.7 Å². The Morgan fingerprint density at radius 3 is 2.70 bits per heavy atom. The van der Waals surface area contributed by atoms with Gasteiger partial charge in [-0.05, 0) is 81.7 Å². The Balaban J connectivity index is 1.21. The quantitative estimate of drug-likeness (QED) is 0.177. The summed E-state index contributed by atoms with van der Waals surface area (Å²) in [4.78, 5) is 20.0. The smallest absolute Gasteiger partial charge is 0.161 e. The van der Waals surface area contributed by atoms with E-state index in [-0.39, 0.29) is 11.9 Å². The van der Waals surface area contributed by atoms with Gasteiger partial charge in [-0.1, -0.05) is 12.1 Å². The number of imidazole rings is 1. The number of halogens is 1. The van der Waals surface area contributed by atoms with Crippen LogP contribution in [0.4, 0.5) is 10.1 Å². The van der Waals surface area contributed by atoms with Crippen LogP contribution < -0.4 is 10.1 Å². The molecule has 1 aliphatic rings. The molecule has 7 rings (SSSR count). The Bertz CT molecular complexity index is 1910. The molecule has 1 fully saturated rings. The molecule has 0 spiro atoms. The van der Waals surface area contributed by atoms with Gasteiger partial charge in [-0.2, -0.15) is 5.10 Å². The van der Waals surface area contributed by atoms with Crippen LogP contribution in [0.1, 0.15) is 26.7 Å². The number of ether oxygens (including phenoxy) is 1. The molecule has 0 bridgehead atoms. The normalized spacial score (nSPS) is 13.9. The highest BCUT2D eigenvalue weighted by molar-refractivity contribution is 5.96. The van der Waals surface area contributed by atoms with Crippen LogP contribution in [0.3, 0.4) is 0 Å². The van der Waals surface area contributed by atoms with Crippen molar-refractivity contribution in [3.8, 4) is 39.7 Å². The summed E-state index contributed by atoms with van der Waals surface area (Å²) in [6.07, 6.45) is 6.06. The van der Waals surface area contributed by atoms with Gasteiger partial charge in [-0.3, -0.25) is 15.0 Å². The van der Waals surface area contributed by atoms with Crippen molar-refractivity contribution in [3.05, 3.63) is 72.8 Å². The fourth-order valence-electron chi connectivity index (χ4n) is 5.69. The average molecular weight is 577 g/mol. The highest BCUT2D eigenvalue weighted by atomic mass is 19.1. The molecule has 43 heavy (non-hydrogen) atoms. The lowest BCUT2D eigenvalue weighted by atomic mass is 10.0. The van der Waals surface area contributed by atoms with Gasteiger partial charge < -0.3 is 15.0 Å². The van der Waals surface area contributed by atoms with Gasteiger partial charge in [0.15, 0.2) is 11.5 Å². The van der Waals surface area contributed by atoms with Gasteiger partial charge in [-0.15, -0.1) is 0 Å². The molecule has 218 valence electrons. The monoisotopic (exact) mass is 576 g/mol. The average Bonchev–Trinajstić information content (AvgIpc) is 3.76. The third kappa shape index (κ3) is 5.65. The van der Waals surface area contributed by atoms with Crippen LogP contribution in [0.25, 0.3) is 56.0 Å². The lowest BCUT2D eigenvalue weighted by Crippen LogP contribution is -2.25. The van der Waals surface area contributed by atoms with Crippen molar-refractivity contribution in [1.82, 2.24) is 35.0 Å². The maximum atomic E-state index is 14.8. The third-order valence-electron chi connectivity index (χ3n) is 7.69. The van der Waals surface area contributed by atoms with Gasteiger partial charge in [0.1, 0.15) is 23.7 Å². The summed E-state index contributed by atoms with van der Waals surface area (Å²) in [6.45, 7) is 7.74. The number of pyridine rings is 2. The zero-order valence-electron chi connectivity index (χ0n) is 24.2. The Kier molecular flexibility index (Phi) is 7.20. The number of anilines is 1. The Hall–Kier alpha value is -4.83. The number of nitrogens with one attached hydrogen (secondary N) is 3. The van der Waals surface area contributed by atoms with E-state index in [4.69, 9.17) is 14.7 Å². The van der Waals surface area contributed by atoms with Gasteiger partial charge in [0, 0.05) is 42.2 Å². The highest BCUT2D eigenvalue weighted by Crippen LogP contribution is 2.34. The Morgan fingerprint density at radius 2 is 1.84 bits per heavy atom. The number of para-hydroxylation sites is 1. The zero-order valence-corrected chi connectivity index (χ0v) is 24.2. The van der Waals surface area contributed by atoms with Crippen LogP contribution in [0, 0.1) is 5.82 Å². The number of H-pyrrole nitrogens is 2. The van der Waals surface area contributed by atoms with E-state index < -0.39 is 0 Å². The number of benzene rings is 2. The molecule has 0 amide bonds. The van der Waals surface area contributed by atoms with Crippen molar-refractivity contribution in [1.29, 1.82) is 0 Å². The minimum absolute atomic E-state index is 0.289. The Morgan fingerprint density at radius 1 is 0.953 bits per heavy atom. The SMILES string of the molecule is CC(C)Nc1cncc(-c2ccc3[nH]nc(-c4nc5c(-c6cc(F)cc(OCCN7CCCC7)c6)cccc5[nH]4)c3n2)c1. The van der Waals surface area contributed by atoms with Crippen LogP contribution in [-0.4, -0.2) is 67.3 Å². The fraction of sp³-hybridized carbons (Fsp3) is 0.273. The van der Waals surface area contributed by atoms with Crippen molar-refractivity contribution in [3.63, 3.8) is 0 Å². The molecule has 5 heterocycles. The summed E-state index contributed by atoms with van der Waals surface area (Å²) in [5.74, 6) is 0.739. The van der Waals surface area contributed by atoms with E-state index in [1.165, 1.54) is 25.0 Å². The molecule has 3 N–H and O–H groups in total. The van der Waals surface area contributed by atoms with Crippen molar-refractivity contribution in [2.24, 2.45) is 0 Å². The van der Waals surface area contributed by atoms with E-state index in [0.29, 0.717) is 35.0 Å². The Labute approximate surface area is 248 Å². The number of nitrogens with zero attached hydrogens (tertiary/aromatic N) is 5. The second-order valence-electron chi connectivity index (χ2n) is 11.3. The minimum atomic E-state index is -0.349. The van der Waals surface area contributed by atoms with E-state index in [1.54, 1.807) is 12.4 Å². The van der Waals surface area contributed by atoms with Crippen molar-refractivity contribution >= 4 is 27.8 Å². The molecule has 0 atom stereocenters.